The lowest BCUT2D eigenvalue weighted by Crippen LogP contribution is -2.34. The third-order valence-corrected chi connectivity index (χ3v) is 3.03. The molecule has 110 valence electrons. The number of urea groups is 1. The van der Waals surface area contributed by atoms with Crippen LogP contribution in [0.25, 0.3) is 0 Å². The Morgan fingerprint density at radius 1 is 1.05 bits per heavy atom. The van der Waals surface area contributed by atoms with Crippen molar-refractivity contribution in [1.82, 2.24) is 15.6 Å². The average molecular weight is 285 g/mol. The molecule has 2 rings (SSSR count). The normalized spacial score (nSPS) is 10.0. The first-order valence-electron chi connectivity index (χ1n) is 6.73. The summed E-state index contributed by atoms with van der Waals surface area (Å²) in [5.41, 5.74) is 3.19. The van der Waals surface area contributed by atoms with Crippen LogP contribution in [0.15, 0.2) is 42.6 Å². The standard InChI is InChI=1S/C16H19N3O2/c1-12-3-5-13(6-4-12)9-18-16(20)19-11-14-7-8-15(21-2)17-10-14/h3-8,10H,9,11H2,1-2H3,(H2,18,19,20). The van der Waals surface area contributed by atoms with E-state index in [0.29, 0.717) is 19.0 Å². The quantitative estimate of drug-likeness (QED) is 0.886. The predicted molar refractivity (Wildman–Crippen MR) is 81.0 cm³/mol. The van der Waals surface area contributed by atoms with E-state index in [1.54, 1.807) is 19.4 Å². The van der Waals surface area contributed by atoms with E-state index in [4.69, 9.17) is 4.74 Å². The molecule has 2 aromatic rings. The van der Waals surface area contributed by atoms with E-state index in [0.717, 1.165) is 11.1 Å². The van der Waals surface area contributed by atoms with Crippen LogP contribution in [0.2, 0.25) is 0 Å². The molecule has 0 aliphatic rings. The maximum Gasteiger partial charge on any atom is 0.315 e. The maximum absolute atomic E-state index is 11.7. The van der Waals surface area contributed by atoms with Crippen molar-refractivity contribution in [1.29, 1.82) is 0 Å². The van der Waals surface area contributed by atoms with Crippen molar-refractivity contribution in [2.45, 2.75) is 20.0 Å². The Hall–Kier alpha value is -2.56. The summed E-state index contributed by atoms with van der Waals surface area (Å²) in [6.45, 7) is 2.97. The van der Waals surface area contributed by atoms with Crippen LogP contribution < -0.4 is 15.4 Å². The van der Waals surface area contributed by atoms with E-state index >= 15 is 0 Å². The van der Waals surface area contributed by atoms with Gasteiger partial charge < -0.3 is 15.4 Å². The first-order valence-corrected chi connectivity index (χ1v) is 6.73. The third-order valence-electron chi connectivity index (χ3n) is 3.03. The molecule has 0 atom stereocenters. The van der Waals surface area contributed by atoms with Gasteiger partial charge in [0.15, 0.2) is 0 Å². The molecule has 2 N–H and O–H groups in total. The molecule has 1 aromatic heterocycles. The smallest absolute Gasteiger partial charge is 0.315 e. The van der Waals surface area contributed by atoms with Gasteiger partial charge in [-0.25, -0.2) is 9.78 Å². The zero-order valence-corrected chi connectivity index (χ0v) is 12.2. The van der Waals surface area contributed by atoms with Crippen LogP contribution in [0, 0.1) is 6.92 Å². The van der Waals surface area contributed by atoms with Gasteiger partial charge in [0, 0.05) is 25.4 Å². The number of methoxy groups -OCH3 is 1. The Morgan fingerprint density at radius 3 is 2.24 bits per heavy atom. The second kappa shape index (κ2) is 7.28. The van der Waals surface area contributed by atoms with Gasteiger partial charge in [-0.1, -0.05) is 35.9 Å². The van der Waals surface area contributed by atoms with E-state index < -0.39 is 0 Å². The predicted octanol–water partition coefficient (Wildman–Crippen LogP) is 2.40. The number of nitrogens with zero attached hydrogens (tertiary/aromatic N) is 1. The molecule has 21 heavy (non-hydrogen) atoms. The Labute approximate surface area is 124 Å². The number of amides is 2. The van der Waals surface area contributed by atoms with E-state index in [9.17, 15) is 4.79 Å². The van der Waals surface area contributed by atoms with E-state index in [1.807, 2.05) is 37.3 Å². The van der Waals surface area contributed by atoms with Crippen LogP contribution >= 0.6 is 0 Å². The van der Waals surface area contributed by atoms with Crippen molar-refractivity contribution in [3.05, 3.63) is 59.3 Å². The fraction of sp³-hybridized carbons (Fsp3) is 0.250. The number of aromatic nitrogens is 1. The van der Waals surface area contributed by atoms with Crippen LogP contribution in [-0.4, -0.2) is 18.1 Å². The van der Waals surface area contributed by atoms with Crippen LogP contribution in [0.4, 0.5) is 4.79 Å². The van der Waals surface area contributed by atoms with Crippen molar-refractivity contribution in [2.75, 3.05) is 7.11 Å². The maximum atomic E-state index is 11.7. The second-order valence-corrected chi connectivity index (χ2v) is 4.73. The summed E-state index contributed by atoms with van der Waals surface area (Å²) in [4.78, 5) is 15.8. The highest BCUT2D eigenvalue weighted by atomic mass is 16.5. The second-order valence-electron chi connectivity index (χ2n) is 4.73. The SMILES string of the molecule is COc1ccc(CNC(=O)NCc2ccc(C)cc2)cn1. The summed E-state index contributed by atoms with van der Waals surface area (Å²) in [6, 6.07) is 11.5. The number of nitrogens with one attached hydrogen (secondary N) is 2. The van der Waals surface area contributed by atoms with Gasteiger partial charge in [-0.05, 0) is 18.1 Å². The van der Waals surface area contributed by atoms with Crippen LogP contribution in [0.3, 0.4) is 0 Å². The van der Waals surface area contributed by atoms with Gasteiger partial charge in [0.25, 0.3) is 0 Å². The average Bonchev–Trinajstić information content (AvgIpc) is 2.53. The topological polar surface area (TPSA) is 63.2 Å². The summed E-state index contributed by atoms with van der Waals surface area (Å²) in [6.07, 6.45) is 1.68. The summed E-state index contributed by atoms with van der Waals surface area (Å²) in [5.74, 6) is 0.558. The molecular formula is C16H19N3O2. The lowest BCUT2D eigenvalue weighted by molar-refractivity contribution is 0.240. The Kier molecular flexibility index (Phi) is 5.15. The zero-order valence-electron chi connectivity index (χ0n) is 12.2. The molecule has 0 spiro atoms. The molecule has 0 saturated heterocycles. The van der Waals surface area contributed by atoms with E-state index in [2.05, 4.69) is 15.6 Å². The summed E-state index contributed by atoms with van der Waals surface area (Å²) >= 11 is 0. The molecule has 0 bridgehead atoms. The minimum atomic E-state index is -0.202. The molecule has 5 heteroatoms. The summed E-state index contributed by atoms with van der Waals surface area (Å²) < 4.78 is 4.98. The first kappa shape index (κ1) is 14.8. The number of hydrogen-bond donors (Lipinski definition) is 2. The van der Waals surface area contributed by atoms with Crippen LogP contribution in [-0.2, 0) is 13.1 Å². The molecule has 0 radical (unpaired) electrons. The number of benzene rings is 1. The highest BCUT2D eigenvalue weighted by Gasteiger charge is 2.01. The molecule has 0 aliphatic carbocycles. The molecule has 0 aliphatic heterocycles. The Balaban J connectivity index is 1.75. The molecule has 0 unspecified atom stereocenters. The van der Waals surface area contributed by atoms with Gasteiger partial charge >= 0.3 is 6.03 Å². The lowest BCUT2D eigenvalue weighted by atomic mass is 10.1. The van der Waals surface area contributed by atoms with Gasteiger partial charge in [-0.2, -0.15) is 0 Å². The minimum Gasteiger partial charge on any atom is -0.481 e. The molecule has 1 aromatic carbocycles. The van der Waals surface area contributed by atoms with E-state index in [1.165, 1.54) is 5.56 Å². The van der Waals surface area contributed by atoms with Crippen molar-refractivity contribution >= 4 is 6.03 Å². The Morgan fingerprint density at radius 2 is 1.67 bits per heavy atom. The highest BCUT2D eigenvalue weighted by Crippen LogP contribution is 2.06. The van der Waals surface area contributed by atoms with Crippen molar-refractivity contribution < 1.29 is 9.53 Å². The zero-order chi connectivity index (χ0) is 15.1. The van der Waals surface area contributed by atoms with Crippen molar-refractivity contribution in [2.24, 2.45) is 0 Å². The number of ether oxygens (including phenoxy) is 1. The fourth-order valence-corrected chi connectivity index (χ4v) is 1.77. The number of aryl methyl sites for hydroxylation is 1. The molecule has 5 nitrogen and oxygen atoms in total. The largest absolute Gasteiger partial charge is 0.481 e. The van der Waals surface area contributed by atoms with E-state index in [-0.39, 0.29) is 6.03 Å². The molecule has 0 fully saturated rings. The number of carbonyl (C=O) groups excluding carboxylic acids is 1. The highest BCUT2D eigenvalue weighted by molar-refractivity contribution is 5.73. The van der Waals surface area contributed by atoms with Gasteiger partial charge in [0.05, 0.1) is 7.11 Å². The summed E-state index contributed by atoms with van der Waals surface area (Å²) in [7, 11) is 1.57. The number of pyridine rings is 1. The summed E-state index contributed by atoms with van der Waals surface area (Å²) in [5, 5.41) is 5.60. The van der Waals surface area contributed by atoms with Crippen LogP contribution in [0.1, 0.15) is 16.7 Å². The van der Waals surface area contributed by atoms with Gasteiger partial charge in [-0.3, -0.25) is 0 Å². The lowest BCUT2D eigenvalue weighted by Gasteiger charge is -2.08. The Bertz CT molecular complexity index is 579. The van der Waals surface area contributed by atoms with Gasteiger partial charge in [0.1, 0.15) is 0 Å². The molecular weight excluding hydrogens is 266 g/mol. The van der Waals surface area contributed by atoms with Crippen LogP contribution in [0.5, 0.6) is 5.88 Å². The van der Waals surface area contributed by atoms with Gasteiger partial charge in [-0.15, -0.1) is 0 Å². The minimum absolute atomic E-state index is 0.202. The van der Waals surface area contributed by atoms with Crippen molar-refractivity contribution in [3.8, 4) is 5.88 Å². The number of rotatable bonds is 5. The molecule has 0 saturated carbocycles. The number of hydrogen-bond acceptors (Lipinski definition) is 3. The monoisotopic (exact) mass is 285 g/mol. The van der Waals surface area contributed by atoms with Gasteiger partial charge in [0.2, 0.25) is 5.88 Å². The fourth-order valence-electron chi connectivity index (χ4n) is 1.77. The third kappa shape index (κ3) is 4.80. The molecule has 1 heterocycles. The first-order chi connectivity index (χ1) is 10.2. The number of carbonyl (C=O) groups is 1. The molecule has 2 amide bonds. The van der Waals surface area contributed by atoms with Crippen molar-refractivity contribution in [3.63, 3.8) is 0 Å².